The minimum absolute atomic E-state index is 0.0542. The van der Waals surface area contributed by atoms with Crippen LogP contribution in [0.15, 0.2) is 0 Å². The molecule has 1 saturated heterocycles. The molecule has 0 aromatic carbocycles. The van der Waals surface area contributed by atoms with Crippen molar-refractivity contribution in [1.82, 2.24) is 15.5 Å². The summed E-state index contributed by atoms with van der Waals surface area (Å²) in [6, 6.07) is -4.20. The van der Waals surface area contributed by atoms with E-state index < -0.39 is 54.0 Å². The Labute approximate surface area is 169 Å². The van der Waals surface area contributed by atoms with Crippen LogP contribution in [0, 0.1) is 5.92 Å². The highest BCUT2D eigenvalue weighted by Crippen LogP contribution is 2.20. The van der Waals surface area contributed by atoms with Crippen LogP contribution in [0.2, 0.25) is 0 Å². The molecule has 1 heterocycles. The Kier molecular flexibility index (Phi) is 9.18. The number of carbonyl (C=O) groups excluding carboxylic acids is 3. The Bertz CT molecular complexity index is 600. The van der Waals surface area contributed by atoms with Crippen molar-refractivity contribution in [3.63, 3.8) is 0 Å². The molecule has 0 radical (unpaired) electrons. The van der Waals surface area contributed by atoms with Gasteiger partial charge in [-0.2, -0.15) is 12.6 Å². The molecule has 5 atom stereocenters. The second kappa shape index (κ2) is 10.6. The molecule has 160 valence electrons. The molecule has 1 rings (SSSR count). The second-order valence-corrected chi connectivity index (χ2v) is 7.64. The lowest BCUT2D eigenvalue weighted by molar-refractivity contribution is -0.150. The molecule has 6 N–H and O–H groups in total. The smallest absolute Gasteiger partial charge is 0.326 e. The number of hydrogen-bond acceptors (Lipinski definition) is 7. The van der Waals surface area contributed by atoms with E-state index >= 15 is 0 Å². The number of rotatable bonds is 9. The molecule has 1 fully saturated rings. The van der Waals surface area contributed by atoms with E-state index in [9.17, 15) is 29.4 Å². The topological polar surface area (TPSA) is 162 Å². The molecule has 3 amide bonds. The van der Waals surface area contributed by atoms with Crippen molar-refractivity contribution in [3.8, 4) is 0 Å². The molecular formula is C17H30N4O6S. The summed E-state index contributed by atoms with van der Waals surface area (Å²) in [7, 11) is 0. The maximum absolute atomic E-state index is 12.9. The number of carboxylic acid groups (broad SMARTS) is 1. The normalized spacial score (nSPS) is 21.0. The van der Waals surface area contributed by atoms with E-state index in [1.165, 1.54) is 11.8 Å². The predicted molar refractivity (Wildman–Crippen MR) is 105 cm³/mol. The van der Waals surface area contributed by atoms with Crippen molar-refractivity contribution in [2.75, 3.05) is 12.3 Å². The summed E-state index contributed by atoms with van der Waals surface area (Å²) in [5, 5.41) is 24.1. The van der Waals surface area contributed by atoms with Gasteiger partial charge in [-0.25, -0.2) is 4.79 Å². The molecule has 0 spiro atoms. The van der Waals surface area contributed by atoms with Crippen LogP contribution in [0.5, 0.6) is 0 Å². The standard InChI is InChI=1S/C17H30N4O6S/c1-8(2)12(16(25)21-6-4-5-11(21)17(26)27)19-15(24)13(9(3)22)20-14(23)10(18)7-28/h8-13,22,28H,4-7,18H2,1-3H3,(H,19,24)(H,20,23)(H,26,27). The van der Waals surface area contributed by atoms with Crippen LogP contribution in [-0.4, -0.2) is 81.4 Å². The van der Waals surface area contributed by atoms with Crippen molar-refractivity contribution in [1.29, 1.82) is 0 Å². The van der Waals surface area contributed by atoms with Gasteiger partial charge in [0.1, 0.15) is 18.1 Å². The molecule has 0 aromatic rings. The fourth-order valence-corrected chi connectivity index (χ4v) is 3.14. The molecular weight excluding hydrogens is 388 g/mol. The van der Waals surface area contributed by atoms with Crippen LogP contribution in [0.3, 0.4) is 0 Å². The summed E-state index contributed by atoms with van der Waals surface area (Å²) in [6.45, 7) is 5.04. The van der Waals surface area contributed by atoms with Crippen LogP contribution in [0.25, 0.3) is 0 Å². The van der Waals surface area contributed by atoms with Crippen LogP contribution in [-0.2, 0) is 19.2 Å². The van der Waals surface area contributed by atoms with E-state index in [2.05, 4.69) is 23.3 Å². The lowest BCUT2D eigenvalue weighted by Gasteiger charge is -2.31. The van der Waals surface area contributed by atoms with Crippen LogP contribution >= 0.6 is 12.6 Å². The van der Waals surface area contributed by atoms with E-state index in [0.29, 0.717) is 19.4 Å². The Morgan fingerprint density at radius 1 is 1.14 bits per heavy atom. The first kappa shape index (κ1) is 24.2. The second-order valence-electron chi connectivity index (χ2n) is 7.27. The summed E-state index contributed by atoms with van der Waals surface area (Å²) in [5.74, 6) is -3.29. The molecule has 5 unspecified atom stereocenters. The Balaban J connectivity index is 2.93. The zero-order chi connectivity index (χ0) is 21.6. The molecule has 0 bridgehead atoms. The number of nitrogens with zero attached hydrogens (tertiary/aromatic N) is 1. The zero-order valence-corrected chi connectivity index (χ0v) is 17.2. The minimum atomic E-state index is -1.32. The zero-order valence-electron chi connectivity index (χ0n) is 16.3. The maximum atomic E-state index is 12.9. The first-order chi connectivity index (χ1) is 13.0. The summed E-state index contributed by atoms with van der Waals surface area (Å²) in [5.41, 5.74) is 5.57. The Hall–Kier alpha value is -1.85. The lowest BCUT2D eigenvalue weighted by Crippen LogP contribution is -2.61. The molecule has 0 aliphatic carbocycles. The summed E-state index contributed by atoms with van der Waals surface area (Å²) >= 11 is 3.92. The van der Waals surface area contributed by atoms with Gasteiger partial charge >= 0.3 is 5.97 Å². The van der Waals surface area contributed by atoms with Gasteiger partial charge in [0.15, 0.2) is 0 Å². The quantitative estimate of drug-likeness (QED) is 0.244. The monoisotopic (exact) mass is 418 g/mol. The Morgan fingerprint density at radius 3 is 2.18 bits per heavy atom. The number of nitrogens with two attached hydrogens (primary N) is 1. The average molecular weight is 419 g/mol. The SMILES string of the molecule is CC(C)C(NC(=O)C(NC(=O)C(N)CS)C(C)O)C(=O)N1CCCC1C(=O)O. The van der Waals surface area contributed by atoms with Crippen molar-refractivity contribution in [2.45, 2.75) is 63.9 Å². The first-order valence-electron chi connectivity index (χ1n) is 9.19. The number of amides is 3. The highest BCUT2D eigenvalue weighted by atomic mass is 32.1. The molecule has 1 aliphatic heterocycles. The number of carbonyl (C=O) groups is 4. The largest absolute Gasteiger partial charge is 0.480 e. The fraction of sp³-hybridized carbons (Fsp3) is 0.765. The van der Waals surface area contributed by atoms with E-state index in [0.717, 1.165) is 0 Å². The number of hydrogen-bond donors (Lipinski definition) is 6. The van der Waals surface area contributed by atoms with Crippen molar-refractivity contribution in [2.24, 2.45) is 11.7 Å². The van der Waals surface area contributed by atoms with Crippen molar-refractivity contribution >= 4 is 36.3 Å². The summed E-state index contributed by atoms with van der Waals surface area (Å²) in [6.07, 6.45) is -0.319. The third kappa shape index (κ3) is 6.08. The third-order valence-corrected chi connectivity index (χ3v) is 5.04. The number of aliphatic hydroxyl groups excluding tert-OH is 1. The molecule has 0 saturated carbocycles. The van der Waals surface area contributed by atoms with E-state index in [4.69, 9.17) is 5.73 Å². The molecule has 1 aliphatic rings. The van der Waals surface area contributed by atoms with Gasteiger partial charge in [-0.15, -0.1) is 0 Å². The first-order valence-corrected chi connectivity index (χ1v) is 9.83. The van der Waals surface area contributed by atoms with E-state index in [-0.39, 0.29) is 11.7 Å². The van der Waals surface area contributed by atoms with Gasteiger partial charge in [-0.05, 0) is 25.7 Å². The van der Waals surface area contributed by atoms with Gasteiger partial charge < -0.3 is 31.5 Å². The highest BCUT2D eigenvalue weighted by molar-refractivity contribution is 7.80. The Morgan fingerprint density at radius 2 is 1.71 bits per heavy atom. The van der Waals surface area contributed by atoms with Gasteiger partial charge in [-0.1, -0.05) is 13.8 Å². The summed E-state index contributed by atoms with van der Waals surface area (Å²) < 4.78 is 0. The van der Waals surface area contributed by atoms with Gasteiger partial charge in [0.2, 0.25) is 17.7 Å². The summed E-state index contributed by atoms with van der Waals surface area (Å²) in [4.78, 5) is 50.1. The molecule has 10 nitrogen and oxygen atoms in total. The van der Waals surface area contributed by atoms with Crippen molar-refractivity contribution < 1.29 is 29.4 Å². The number of aliphatic hydroxyl groups is 1. The van der Waals surface area contributed by atoms with Crippen LogP contribution in [0.4, 0.5) is 0 Å². The van der Waals surface area contributed by atoms with Crippen LogP contribution < -0.4 is 16.4 Å². The van der Waals surface area contributed by atoms with E-state index in [1.807, 2.05) is 0 Å². The third-order valence-electron chi connectivity index (χ3n) is 4.65. The van der Waals surface area contributed by atoms with Gasteiger partial charge in [0.05, 0.1) is 12.1 Å². The molecule has 28 heavy (non-hydrogen) atoms. The average Bonchev–Trinajstić information content (AvgIpc) is 3.11. The van der Waals surface area contributed by atoms with Crippen molar-refractivity contribution in [3.05, 3.63) is 0 Å². The number of carboxylic acids is 1. The van der Waals surface area contributed by atoms with Gasteiger partial charge in [0, 0.05) is 12.3 Å². The maximum Gasteiger partial charge on any atom is 0.326 e. The highest BCUT2D eigenvalue weighted by Gasteiger charge is 2.39. The van der Waals surface area contributed by atoms with Gasteiger partial charge in [0.25, 0.3) is 0 Å². The number of nitrogens with one attached hydrogen (secondary N) is 2. The predicted octanol–water partition coefficient (Wildman–Crippen LogP) is -1.67. The molecule has 11 heteroatoms. The minimum Gasteiger partial charge on any atom is -0.480 e. The van der Waals surface area contributed by atoms with E-state index in [1.54, 1.807) is 13.8 Å². The van der Waals surface area contributed by atoms with Crippen LogP contribution in [0.1, 0.15) is 33.6 Å². The number of likely N-dealkylation sites (tertiary alicyclic amines) is 1. The lowest BCUT2D eigenvalue weighted by atomic mass is 10.0. The molecule has 0 aromatic heterocycles. The number of thiol groups is 1. The number of aliphatic carboxylic acids is 1. The van der Waals surface area contributed by atoms with Gasteiger partial charge in [-0.3, -0.25) is 14.4 Å². The fourth-order valence-electron chi connectivity index (χ4n) is 2.97.